The molecule has 0 aliphatic carbocycles. The fraction of sp³-hybridized carbons (Fsp3) is 0.250. The molecule has 1 heterocycles. The summed E-state index contributed by atoms with van der Waals surface area (Å²) in [4.78, 5) is 35.0. The van der Waals surface area contributed by atoms with E-state index >= 15 is 0 Å². The maximum Gasteiger partial charge on any atom is 0.337 e. The average molecular weight is 284 g/mol. The van der Waals surface area contributed by atoms with Gasteiger partial charge in [0.2, 0.25) is 5.91 Å². The van der Waals surface area contributed by atoms with Crippen LogP contribution in [-0.4, -0.2) is 34.6 Å². The number of benzene rings is 1. The number of carboxylic acid groups (broad SMARTS) is 2. The van der Waals surface area contributed by atoms with Gasteiger partial charge in [0.1, 0.15) is 0 Å². The molecule has 0 spiro atoms. The maximum atomic E-state index is 11.8. The highest BCUT2D eigenvalue weighted by Gasteiger charge is 2.36. The first-order valence-corrected chi connectivity index (χ1v) is 5.84. The van der Waals surface area contributed by atoms with Crippen molar-refractivity contribution in [2.24, 2.45) is 5.92 Å². The van der Waals surface area contributed by atoms with Gasteiger partial charge in [0.05, 0.1) is 17.2 Å². The van der Waals surface area contributed by atoms with Crippen molar-refractivity contribution in [2.45, 2.75) is 6.42 Å². The number of carbonyl (C=O) groups excluding carboxylic acids is 1. The molecule has 2 rings (SSSR count). The molecule has 1 fully saturated rings. The lowest BCUT2D eigenvalue weighted by molar-refractivity contribution is -0.141. The maximum absolute atomic E-state index is 11.8. The van der Waals surface area contributed by atoms with E-state index in [0.29, 0.717) is 0 Å². The van der Waals surface area contributed by atoms with E-state index in [0.717, 1.165) is 4.90 Å². The Morgan fingerprint density at radius 1 is 1.32 bits per heavy atom. The summed E-state index contributed by atoms with van der Waals surface area (Å²) in [6, 6.07) is 4.05. The summed E-state index contributed by atoms with van der Waals surface area (Å²) < 4.78 is 0. The third-order valence-corrected chi connectivity index (χ3v) is 3.19. The number of aromatic carboxylic acids is 1. The minimum atomic E-state index is -1.20. The number of carboxylic acids is 2. The second kappa shape index (κ2) is 4.89. The Labute approximate surface area is 113 Å². The summed E-state index contributed by atoms with van der Waals surface area (Å²) in [6.07, 6.45) is -0.138. The summed E-state index contributed by atoms with van der Waals surface area (Å²) in [5.41, 5.74) is 0.0533. The third kappa shape index (κ3) is 2.53. The SMILES string of the molecule is O=C(O)c1ccc(Cl)cc1N1CC(C(=O)O)CC1=O. The molecule has 0 radical (unpaired) electrons. The Kier molecular flexibility index (Phi) is 3.44. The van der Waals surface area contributed by atoms with Crippen LogP contribution in [0.3, 0.4) is 0 Å². The molecular weight excluding hydrogens is 274 g/mol. The Morgan fingerprint density at radius 3 is 2.53 bits per heavy atom. The predicted molar refractivity (Wildman–Crippen MR) is 66.5 cm³/mol. The quantitative estimate of drug-likeness (QED) is 0.876. The molecule has 1 aromatic carbocycles. The van der Waals surface area contributed by atoms with E-state index in [9.17, 15) is 14.4 Å². The van der Waals surface area contributed by atoms with Gasteiger partial charge in [-0.1, -0.05) is 11.6 Å². The molecule has 1 atom stereocenters. The Bertz CT molecular complexity index is 571. The van der Waals surface area contributed by atoms with Crippen molar-refractivity contribution in [1.29, 1.82) is 0 Å². The highest BCUT2D eigenvalue weighted by Crippen LogP contribution is 2.30. The molecule has 0 saturated carbocycles. The van der Waals surface area contributed by atoms with Crippen LogP contribution in [-0.2, 0) is 9.59 Å². The van der Waals surface area contributed by atoms with Gasteiger partial charge in [0, 0.05) is 18.0 Å². The lowest BCUT2D eigenvalue weighted by Crippen LogP contribution is -2.27. The van der Waals surface area contributed by atoms with E-state index in [-0.39, 0.29) is 29.2 Å². The van der Waals surface area contributed by atoms with Crippen molar-refractivity contribution in [3.05, 3.63) is 28.8 Å². The van der Waals surface area contributed by atoms with Gasteiger partial charge in [-0.05, 0) is 18.2 Å². The molecule has 1 unspecified atom stereocenters. The first kappa shape index (κ1) is 13.4. The van der Waals surface area contributed by atoms with Gasteiger partial charge >= 0.3 is 11.9 Å². The molecule has 1 aliphatic heterocycles. The first-order valence-electron chi connectivity index (χ1n) is 5.46. The number of anilines is 1. The van der Waals surface area contributed by atoms with E-state index in [1.807, 2.05) is 0 Å². The van der Waals surface area contributed by atoms with Gasteiger partial charge < -0.3 is 15.1 Å². The molecule has 1 aliphatic rings. The zero-order valence-corrected chi connectivity index (χ0v) is 10.4. The second-order valence-electron chi connectivity index (χ2n) is 4.21. The van der Waals surface area contributed by atoms with Crippen LogP contribution in [0.4, 0.5) is 5.69 Å². The van der Waals surface area contributed by atoms with Crippen molar-refractivity contribution < 1.29 is 24.6 Å². The van der Waals surface area contributed by atoms with Gasteiger partial charge in [-0.2, -0.15) is 0 Å². The Hall–Kier alpha value is -2.08. The number of hydrogen-bond donors (Lipinski definition) is 2. The molecule has 1 aromatic rings. The molecule has 2 N–H and O–H groups in total. The van der Waals surface area contributed by atoms with Gasteiger partial charge in [-0.3, -0.25) is 9.59 Å². The summed E-state index contributed by atoms with van der Waals surface area (Å²) in [7, 11) is 0. The fourth-order valence-corrected chi connectivity index (χ4v) is 2.18. The molecule has 6 nitrogen and oxygen atoms in total. The monoisotopic (exact) mass is 283 g/mol. The predicted octanol–water partition coefficient (Wildman–Crippen LogP) is 1.48. The minimum absolute atomic E-state index is 0.0468. The third-order valence-electron chi connectivity index (χ3n) is 2.96. The van der Waals surface area contributed by atoms with Crippen molar-refractivity contribution in [1.82, 2.24) is 0 Å². The van der Waals surface area contributed by atoms with Crippen molar-refractivity contribution >= 4 is 35.1 Å². The lowest BCUT2D eigenvalue weighted by Gasteiger charge is -2.18. The number of carbonyl (C=O) groups is 3. The Balaban J connectivity index is 2.42. The molecular formula is C12H10ClNO5. The van der Waals surface area contributed by atoms with Crippen LogP contribution >= 0.6 is 11.6 Å². The van der Waals surface area contributed by atoms with E-state index in [1.54, 1.807) is 0 Å². The van der Waals surface area contributed by atoms with Crippen LogP contribution in [0.1, 0.15) is 16.8 Å². The van der Waals surface area contributed by atoms with Crippen molar-refractivity contribution in [2.75, 3.05) is 11.4 Å². The molecule has 1 amide bonds. The average Bonchev–Trinajstić information content (AvgIpc) is 2.71. The van der Waals surface area contributed by atoms with E-state index in [4.69, 9.17) is 21.8 Å². The molecule has 19 heavy (non-hydrogen) atoms. The molecule has 7 heteroatoms. The fourth-order valence-electron chi connectivity index (χ4n) is 2.01. The van der Waals surface area contributed by atoms with Crippen molar-refractivity contribution in [3.8, 4) is 0 Å². The summed E-state index contributed by atoms with van der Waals surface area (Å²) in [5, 5.41) is 18.3. The highest BCUT2D eigenvalue weighted by molar-refractivity contribution is 6.31. The van der Waals surface area contributed by atoms with Gasteiger partial charge in [0.15, 0.2) is 0 Å². The molecule has 100 valence electrons. The number of aliphatic carboxylic acids is 1. The molecule has 0 bridgehead atoms. The van der Waals surface area contributed by atoms with E-state index < -0.39 is 23.8 Å². The van der Waals surface area contributed by atoms with Crippen LogP contribution in [0.25, 0.3) is 0 Å². The van der Waals surface area contributed by atoms with E-state index in [2.05, 4.69) is 0 Å². The summed E-state index contributed by atoms with van der Waals surface area (Å²) in [6.45, 7) is -0.0468. The van der Waals surface area contributed by atoms with Crippen LogP contribution < -0.4 is 4.90 Å². The number of halogens is 1. The summed E-state index contributed by atoms with van der Waals surface area (Å²) in [5.74, 6) is -3.52. The number of rotatable bonds is 3. The zero-order valence-electron chi connectivity index (χ0n) is 9.67. The van der Waals surface area contributed by atoms with Crippen LogP contribution in [0.5, 0.6) is 0 Å². The Morgan fingerprint density at radius 2 is 2.00 bits per heavy atom. The molecule has 0 aromatic heterocycles. The first-order chi connectivity index (χ1) is 8.90. The smallest absolute Gasteiger partial charge is 0.337 e. The van der Waals surface area contributed by atoms with Gasteiger partial charge in [0.25, 0.3) is 0 Å². The van der Waals surface area contributed by atoms with Crippen LogP contribution in [0.15, 0.2) is 18.2 Å². The van der Waals surface area contributed by atoms with Gasteiger partial charge in [-0.15, -0.1) is 0 Å². The normalized spacial score (nSPS) is 18.7. The highest BCUT2D eigenvalue weighted by atomic mass is 35.5. The topological polar surface area (TPSA) is 94.9 Å². The van der Waals surface area contributed by atoms with Crippen LogP contribution in [0.2, 0.25) is 5.02 Å². The summed E-state index contributed by atoms with van der Waals surface area (Å²) >= 11 is 5.80. The number of amides is 1. The van der Waals surface area contributed by atoms with Gasteiger partial charge in [-0.25, -0.2) is 4.79 Å². The van der Waals surface area contributed by atoms with Crippen LogP contribution in [0, 0.1) is 5.92 Å². The minimum Gasteiger partial charge on any atom is -0.481 e. The standard InChI is InChI=1S/C12H10ClNO5/c13-7-1-2-8(12(18)19)9(4-7)14-5-6(11(16)17)3-10(14)15/h1-2,4,6H,3,5H2,(H,16,17)(H,18,19). The largest absolute Gasteiger partial charge is 0.481 e. The second-order valence-corrected chi connectivity index (χ2v) is 4.65. The lowest BCUT2D eigenvalue weighted by atomic mass is 10.1. The van der Waals surface area contributed by atoms with Crippen molar-refractivity contribution in [3.63, 3.8) is 0 Å². The number of hydrogen-bond acceptors (Lipinski definition) is 3. The molecule has 1 saturated heterocycles. The number of nitrogens with zero attached hydrogens (tertiary/aromatic N) is 1. The van der Waals surface area contributed by atoms with E-state index in [1.165, 1.54) is 18.2 Å². The zero-order chi connectivity index (χ0) is 14.2.